The van der Waals surface area contributed by atoms with Crippen LogP contribution in [0.1, 0.15) is 52.5 Å². The molecule has 1 fully saturated rings. The molecule has 1 unspecified atom stereocenters. The number of aliphatic imine (C=N–C) groups is 1. The van der Waals surface area contributed by atoms with Crippen LogP contribution in [0, 0.1) is 17.2 Å². The molecule has 2 aliphatic rings. The Morgan fingerprint density at radius 1 is 1.31 bits per heavy atom. The summed E-state index contributed by atoms with van der Waals surface area (Å²) in [6, 6.07) is 9.26. The predicted molar refractivity (Wildman–Crippen MR) is 128 cm³/mol. The fourth-order valence-corrected chi connectivity index (χ4v) is 4.85. The zero-order chi connectivity index (χ0) is 24.1. The first kappa shape index (κ1) is 25.4. The number of allylic oxidation sites excluding steroid dienone is 3. The SMILES string of the molecule is CC(C)C.CN=C(C)C1=C(C)OC(N)=C(C#N)C1c1ccc(N2CCCNS2(=O)=O)cc1. The second kappa shape index (κ2) is 10.7. The zero-order valence-electron chi connectivity index (χ0n) is 19.6. The van der Waals surface area contributed by atoms with E-state index in [0.717, 1.165) is 29.2 Å². The van der Waals surface area contributed by atoms with E-state index in [1.54, 1.807) is 26.1 Å². The van der Waals surface area contributed by atoms with Crippen LogP contribution in [-0.2, 0) is 14.9 Å². The van der Waals surface area contributed by atoms with Gasteiger partial charge < -0.3 is 10.5 Å². The lowest BCUT2D eigenvalue weighted by molar-refractivity contribution is 0.283. The van der Waals surface area contributed by atoms with Gasteiger partial charge in [0.1, 0.15) is 17.4 Å². The highest BCUT2D eigenvalue weighted by Gasteiger charge is 2.33. The molecule has 1 aromatic carbocycles. The maximum absolute atomic E-state index is 12.2. The minimum absolute atomic E-state index is 0.0736. The Bertz CT molecular complexity index is 1060. The number of hydrogen-bond donors (Lipinski definition) is 2. The molecule has 1 aromatic rings. The molecule has 0 saturated carbocycles. The predicted octanol–water partition coefficient (Wildman–Crippen LogP) is 3.57. The molecule has 8 nitrogen and oxygen atoms in total. The van der Waals surface area contributed by atoms with Gasteiger partial charge in [-0.3, -0.25) is 9.30 Å². The maximum Gasteiger partial charge on any atom is 0.301 e. The van der Waals surface area contributed by atoms with Crippen molar-refractivity contribution in [1.29, 1.82) is 5.26 Å². The van der Waals surface area contributed by atoms with Crippen LogP contribution in [0.2, 0.25) is 0 Å². The van der Waals surface area contributed by atoms with Crippen molar-refractivity contribution in [1.82, 2.24) is 4.72 Å². The summed E-state index contributed by atoms with van der Waals surface area (Å²) in [6.45, 7) is 11.0. The first-order chi connectivity index (χ1) is 15.0. The van der Waals surface area contributed by atoms with Crippen LogP contribution in [0.3, 0.4) is 0 Å². The third-order valence-electron chi connectivity index (χ3n) is 4.96. The Hall–Kier alpha value is -2.83. The van der Waals surface area contributed by atoms with Gasteiger partial charge in [-0.15, -0.1) is 0 Å². The summed E-state index contributed by atoms with van der Waals surface area (Å²) >= 11 is 0. The quantitative estimate of drug-likeness (QED) is 0.670. The Labute approximate surface area is 191 Å². The first-order valence-corrected chi connectivity index (χ1v) is 12.1. The molecule has 32 heavy (non-hydrogen) atoms. The van der Waals surface area contributed by atoms with Crippen molar-refractivity contribution in [2.24, 2.45) is 16.6 Å². The number of nitriles is 1. The van der Waals surface area contributed by atoms with Gasteiger partial charge in [-0.2, -0.15) is 18.4 Å². The Kier molecular flexibility index (Phi) is 8.47. The Balaban J connectivity index is 0.000000837. The summed E-state index contributed by atoms with van der Waals surface area (Å²) in [7, 11) is -1.84. The fourth-order valence-electron chi connectivity index (χ4n) is 3.52. The van der Waals surface area contributed by atoms with Gasteiger partial charge in [0.25, 0.3) is 0 Å². The average molecular weight is 460 g/mol. The number of nitrogens with one attached hydrogen (secondary N) is 1. The molecule has 1 saturated heterocycles. The summed E-state index contributed by atoms with van der Waals surface area (Å²) < 4.78 is 33.9. The molecular weight excluding hydrogens is 426 g/mol. The molecule has 3 N–H and O–H groups in total. The standard InChI is InChI=1S/C19H23N5O3S.C4H10/c1-12(22-3)17-13(2)27-19(21)16(11-20)18(17)14-5-7-15(8-6-14)24-10-4-9-23-28(24,25)26;1-4(2)3/h5-8,18,23H,4,9-10,21H2,1-3H3;4H,1-3H3. The van der Waals surface area contributed by atoms with Crippen molar-refractivity contribution in [3.63, 3.8) is 0 Å². The molecule has 0 amide bonds. The third kappa shape index (κ3) is 5.69. The van der Waals surface area contributed by atoms with E-state index in [1.165, 1.54) is 4.31 Å². The summed E-state index contributed by atoms with van der Waals surface area (Å²) in [5.41, 5.74) is 9.18. The van der Waals surface area contributed by atoms with Crippen LogP contribution in [0.5, 0.6) is 0 Å². The van der Waals surface area contributed by atoms with Crippen molar-refractivity contribution < 1.29 is 13.2 Å². The van der Waals surface area contributed by atoms with E-state index < -0.39 is 16.1 Å². The number of ether oxygens (including phenoxy) is 1. The lowest BCUT2D eigenvalue weighted by Crippen LogP contribution is -2.47. The number of benzene rings is 1. The summed E-state index contributed by atoms with van der Waals surface area (Å²) in [5.74, 6) is 1.08. The smallest absolute Gasteiger partial charge is 0.301 e. The summed E-state index contributed by atoms with van der Waals surface area (Å²) in [5, 5.41) is 9.65. The molecule has 2 heterocycles. The van der Waals surface area contributed by atoms with Gasteiger partial charge in [-0.1, -0.05) is 32.9 Å². The second-order valence-electron chi connectivity index (χ2n) is 8.35. The molecule has 174 valence electrons. The molecule has 0 bridgehead atoms. The van der Waals surface area contributed by atoms with Crippen LogP contribution in [0.25, 0.3) is 0 Å². The molecular formula is C23H33N5O3S. The normalized spacial score (nSPS) is 21.0. The molecule has 1 atom stereocenters. The van der Waals surface area contributed by atoms with Crippen molar-refractivity contribution in [3.8, 4) is 6.07 Å². The molecule has 0 aliphatic carbocycles. The van der Waals surface area contributed by atoms with E-state index in [9.17, 15) is 13.7 Å². The molecule has 3 rings (SSSR count). The highest BCUT2D eigenvalue weighted by atomic mass is 32.2. The van der Waals surface area contributed by atoms with Gasteiger partial charge in [-0.05, 0) is 43.9 Å². The van der Waals surface area contributed by atoms with Gasteiger partial charge >= 0.3 is 10.2 Å². The van der Waals surface area contributed by atoms with Gasteiger partial charge in [0.05, 0.1) is 11.6 Å². The Morgan fingerprint density at radius 3 is 2.41 bits per heavy atom. The van der Waals surface area contributed by atoms with Crippen molar-refractivity contribution in [2.45, 2.75) is 47.0 Å². The number of rotatable bonds is 3. The van der Waals surface area contributed by atoms with E-state index in [4.69, 9.17) is 10.5 Å². The van der Waals surface area contributed by atoms with Crippen molar-refractivity contribution in [2.75, 3.05) is 24.4 Å². The van der Waals surface area contributed by atoms with Gasteiger partial charge in [0.2, 0.25) is 5.88 Å². The monoisotopic (exact) mass is 459 g/mol. The largest absolute Gasteiger partial charge is 0.445 e. The van der Waals surface area contributed by atoms with Gasteiger partial charge in [0.15, 0.2) is 0 Å². The van der Waals surface area contributed by atoms with Crippen LogP contribution < -0.4 is 14.8 Å². The minimum atomic E-state index is -3.52. The minimum Gasteiger partial charge on any atom is -0.445 e. The van der Waals surface area contributed by atoms with Crippen molar-refractivity contribution in [3.05, 3.63) is 52.6 Å². The number of anilines is 1. The summed E-state index contributed by atoms with van der Waals surface area (Å²) in [4.78, 5) is 4.25. The van der Waals surface area contributed by atoms with Crippen molar-refractivity contribution >= 4 is 21.6 Å². The van der Waals surface area contributed by atoms with Crippen LogP contribution >= 0.6 is 0 Å². The second-order valence-corrected chi connectivity index (χ2v) is 10.0. The van der Waals surface area contributed by atoms with Gasteiger partial charge in [-0.25, -0.2) is 0 Å². The maximum atomic E-state index is 12.2. The molecule has 0 radical (unpaired) electrons. The molecule has 0 spiro atoms. The van der Waals surface area contributed by atoms with E-state index in [0.29, 0.717) is 30.1 Å². The number of hydrogen-bond acceptors (Lipinski definition) is 6. The average Bonchev–Trinajstić information content (AvgIpc) is 2.72. The molecule has 9 heteroatoms. The van der Waals surface area contributed by atoms with Gasteiger partial charge in [0, 0.05) is 31.4 Å². The third-order valence-corrected chi connectivity index (χ3v) is 6.50. The molecule has 0 aromatic heterocycles. The highest BCUT2D eigenvalue weighted by Crippen LogP contribution is 2.40. The van der Waals surface area contributed by atoms with E-state index in [1.807, 2.05) is 19.1 Å². The first-order valence-electron chi connectivity index (χ1n) is 10.6. The lowest BCUT2D eigenvalue weighted by atomic mass is 9.81. The van der Waals surface area contributed by atoms with Crippen LogP contribution in [0.4, 0.5) is 5.69 Å². The molecule has 2 aliphatic heterocycles. The topological polar surface area (TPSA) is 121 Å². The van der Waals surface area contributed by atoms with Crippen LogP contribution in [0.15, 0.2) is 52.0 Å². The summed E-state index contributed by atoms with van der Waals surface area (Å²) in [6.07, 6.45) is 0.733. The van der Waals surface area contributed by atoms with Crippen LogP contribution in [-0.4, -0.2) is 34.3 Å². The van der Waals surface area contributed by atoms with E-state index in [-0.39, 0.29) is 5.88 Å². The fraction of sp³-hybridized carbons (Fsp3) is 0.478. The Morgan fingerprint density at radius 2 is 1.91 bits per heavy atom. The van der Waals surface area contributed by atoms with E-state index in [2.05, 4.69) is 36.6 Å². The zero-order valence-corrected chi connectivity index (χ0v) is 20.5. The number of nitrogens with zero attached hydrogens (tertiary/aromatic N) is 3. The number of nitrogens with two attached hydrogens (primary N) is 1. The van der Waals surface area contributed by atoms with E-state index >= 15 is 0 Å². The highest BCUT2D eigenvalue weighted by molar-refractivity contribution is 7.90. The lowest BCUT2D eigenvalue weighted by Gasteiger charge is -2.30.